The SMILES string of the molecule is CC(C)(C)OC(=O)NCC[N+]1(CCNC(=O)C2CCC(C(F)(F)c3cc(Cl)nc(N4CCN(S(=O)(=O)c5ccc(N6CCCC6=O)cc5)CC4)c3)CC2)CCCC1. The van der Waals surface area contributed by atoms with E-state index in [1.165, 1.54) is 28.6 Å². The number of pyridine rings is 1. The topological polar surface area (TPSA) is 141 Å². The number of rotatable bonds is 13. The number of aromatic nitrogens is 1. The Morgan fingerprint density at radius 3 is 2.14 bits per heavy atom. The average molecular weight is 837 g/mol. The number of piperazine rings is 1. The van der Waals surface area contributed by atoms with Gasteiger partial charge in [0.25, 0.3) is 5.92 Å². The maximum atomic E-state index is 16.2. The van der Waals surface area contributed by atoms with Crippen molar-refractivity contribution in [3.8, 4) is 0 Å². The fourth-order valence-corrected chi connectivity index (χ4v) is 10.3. The van der Waals surface area contributed by atoms with Gasteiger partial charge in [0, 0.05) is 75.1 Å². The molecule has 6 rings (SSSR count). The lowest BCUT2D eigenvalue weighted by Crippen LogP contribution is -2.53. The molecule has 3 aliphatic heterocycles. The number of quaternary nitrogens is 1. The maximum absolute atomic E-state index is 16.2. The van der Waals surface area contributed by atoms with E-state index in [4.69, 9.17) is 16.3 Å². The monoisotopic (exact) mass is 836 g/mol. The second-order valence-electron chi connectivity index (χ2n) is 16.9. The van der Waals surface area contributed by atoms with Gasteiger partial charge >= 0.3 is 6.09 Å². The smallest absolute Gasteiger partial charge is 0.407 e. The van der Waals surface area contributed by atoms with Gasteiger partial charge in [-0.3, -0.25) is 9.59 Å². The first-order valence-electron chi connectivity index (χ1n) is 20.3. The second kappa shape index (κ2) is 17.7. The number of anilines is 2. The van der Waals surface area contributed by atoms with E-state index in [1.807, 2.05) is 20.8 Å². The molecule has 0 atom stereocenters. The molecule has 0 radical (unpaired) electrons. The standard InChI is InChI=1S/C40H56ClF2N7O6S/c1-39(2,3)56-38(53)45-17-26-50(23-4-5-24-50)25-16-44-37(52)29-8-10-30(11-9-29)40(42,43)31-27-34(41)46-35(28-31)47-19-21-48(22-20-47)57(54,55)33-14-12-32(13-15-33)49-18-6-7-36(49)51/h12-15,27-30H,4-11,16-26H2,1-3H3,(H-,44,45,52,53)/p+1. The zero-order chi connectivity index (χ0) is 41.0. The van der Waals surface area contributed by atoms with Crippen LogP contribution in [0.2, 0.25) is 5.15 Å². The summed E-state index contributed by atoms with van der Waals surface area (Å²) < 4.78 is 66.7. The van der Waals surface area contributed by atoms with Crippen molar-refractivity contribution < 1.29 is 40.8 Å². The molecule has 13 nitrogen and oxygen atoms in total. The summed E-state index contributed by atoms with van der Waals surface area (Å²) in [6.07, 6.45) is 4.06. The van der Waals surface area contributed by atoms with Crippen molar-refractivity contribution in [1.29, 1.82) is 0 Å². The van der Waals surface area contributed by atoms with Gasteiger partial charge in [-0.2, -0.15) is 4.31 Å². The van der Waals surface area contributed by atoms with Crippen molar-refractivity contribution in [3.63, 3.8) is 0 Å². The number of amides is 3. The van der Waals surface area contributed by atoms with Gasteiger partial charge in [0.15, 0.2) is 0 Å². The highest BCUT2D eigenvalue weighted by Gasteiger charge is 2.45. The minimum atomic E-state index is -3.82. The number of ether oxygens (including phenoxy) is 1. The Labute approximate surface area is 340 Å². The van der Waals surface area contributed by atoms with Crippen molar-refractivity contribution in [2.75, 3.05) is 81.8 Å². The number of hydrogen-bond acceptors (Lipinski definition) is 8. The Morgan fingerprint density at radius 1 is 0.912 bits per heavy atom. The van der Waals surface area contributed by atoms with Gasteiger partial charge in [-0.1, -0.05) is 11.6 Å². The molecule has 0 spiro atoms. The van der Waals surface area contributed by atoms with Crippen LogP contribution in [0.3, 0.4) is 0 Å². The number of alkyl halides is 2. The summed E-state index contributed by atoms with van der Waals surface area (Å²) in [4.78, 5) is 45.3. The van der Waals surface area contributed by atoms with Gasteiger partial charge < -0.3 is 29.7 Å². The molecule has 4 fully saturated rings. The minimum Gasteiger partial charge on any atom is -0.444 e. The fraction of sp³-hybridized carbons (Fsp3) is 0.650. The molecule has 0 unspecified atom stereocenters. The van der Waals surface area contributed by atoms with Crippen LogP contribution in [0.25, 0.3) is 0 Å². The van der Waals surface area contributed by atoms with Gasteiger partial charge in [-0.05, 0) is 89.3 Å². The number of hydrogen-bond donors (Lipinski definition) is 2. The van der Waals surface area contributed by atoms with Crippen LogP contribution >= 0.6 is 11.6 Å². The van der Waals surface area contributed by atoms with Crippen molar-refractivity contribution in [3.05, 3.63) is 47.1 Å². The number of carbonyl (C=O) groups is 3. The average Bonchev–Trinajstić information content (AvgIpc) is 3.83. The number of carbonyl (C=O) groups excluding carboxylic acids is 3. The lowest BCUT2D eigenvalue weighted by molar-refractivity contribution is -0.914. The first-order valence-corrected chi connectivity index (χ1v) is 22.1. The second-order valence-corrected chi connectivity index (χ2v) is 19.2. The van der Waals surface area contributed by atoms with Gasteiger partial charge in [0.05, 0.1) is 44.2 Å². The van der Waals surface area contributed by atoms with Crippen molar-refractivity contribution in [2.24, 2.45) is 11.8 Å². The maximum Gasteiger partial charge on any atom is 0.407 e. The number of likely N-dealkylation sites (tertiary alicyclic amines) is 1. The molecular formula is C40H57ClF2N7O6S+. The zero-order valence-corrected chi connectivity index (χ0v) is 34.9. The molecule has 1 aliphatic carbocycles. The molecule has 57 heavy (non-hydrogen) atoms. The Kier molecular flexibility index (Phi) is 13.4. The van der Waals surface area contributed by atoms with Crippen LogP contribution in [0.15, 0.2) is 41.3 Å². The van der Waals surface area contributed by atoms with E-state index in [0.717, 1.165) is 49.9 Å². The highest BCUT2D eigenvalue weighted by Crippen LogP contribution is 2.46. The molecule has 314 valence electrons. The molecule has 4 heterocycles. The zero-order valence-electron chi connectivity index (χ0n) is 33.3. The Hall–Kier alpha value is -3.60. The molecule has 4 aliphatic rings. The lowest BCUT2D eigenvalue weighted by Gasteiger charge is -2.36. The number of nitrogens with zero attached hydrogens (tertiary/aromatic N) is 5. The summed E-state index contributed by atoms with van der Waals surface area (Å²) in [6.45, 7) is 11.2. The first kappa shape index (κ1) is 43.0. The molecule has 17 heteroatoms. The third kappa shape index (κ3) is 10.5. The Balaban J connectivity index is 0.977. The predicted octanol–water partition coefficient (Wildman–Crippen LogP) is 5.52. The highest BCUT2D eigenvalue weighted by molar-refractivity contribution is 7.89. The number of halogens is 3. The van der Waals surface area contributed by atoms with Crippen LogP contribution in [-0.2, 0) is 30.3 Å². The fourth-order valence-electron chi connectivity index (χ4n) is 8.65. The summed E-state index contributed by atoms with van der Waals surface area (Å²) in [5.41, 5.74) is -0.138. The number of benzene rings is 1. The van der Waals surface area contributed by atoms with Gasteiger partial charge in [-0.25, -0.2) is 27.0 Å². The highest BCUT2D eigenvalue weighted by atomic mass is 35.5. The van der Waals surface area contributed by atoms with Gasteiger partial charge in [0.2, 0.25) is 21.8 Å². The third-order valence-corrected chi connectivity index (χ3v) is 14.0. The summed E-state index contributed by atoms with van der Waals surface area (Å²) >= 11 is 6.32. The normalized spacial score (nSPS) is 22.1. The molecule has 2 aromatic rings. The Morgan fingerprint density at radius 2 is 1.54 bits per heavy atom. The third-order valence-electron chi connectivity index (χ3n) is 11.9. The van der Waals surface area contributed by atoms with Crippen molar-refractivity contribution in [2.45, 2.75) is 88.6 Å². The summed E-state index contributed by atoms with van der Waals surface area (Å²) in [7, 11) is -3.82. The molecule has 3 saturated heterocycles. The van der Waals surface area contributed by atoms with E-state index in [-0.39, 0.29) is 78.2 Å². The van der Waals surface area contributed by atoms with Gasteiger partial charge in [-0.15, -0.1) is 0 Å². The largest absolute Gasteiger partial charge is 0.444 e. The minimum absolute atomic E-state index is 0.0213. The molecule has 3 amide bonds. The molecule has 1 aromatic carbocycles. The lowest BCUT2D eigenvalue weighted by atomic mass is 9.77. The molecule has 2 N–H and O–H groups in total. The van der Waals surface area contributed by atoms with Crippen molar-refractivity contribution >= 4 is 51.0 Å². The van der Waals surface area contributed by atoms with Crippen LogP contribution in [0.1, 0.15) is 77.7 Å². The Bertz CT molecular complexity index is 1860. The molecular weight excluding hydrogens is 780 g/mol. The number of nitrogens with one attached hydrogen (secondary N) is 2. The van der Waals surface area contributed by atoms with E-state index < -0.39 is 33.6 Å². The van der Waals surface area contributed by atoms with Crippen molar-refractivity contribution in [1.82, 2.24) is 19.9 Å². The first-order chi connectivity index (χ1) is 27.0. The number of alkyl carbamates (subject to hydrolysis) is 1. The van der Waals surface area contributed by atoms with Crippen LogP contribution in [0.5, 0.6) is 0 Å². The van der Waals surface area contributed by atoms with E-state index in [9.17, 15) is 22.8 Å². The molecule has 1 aromatic heterocycles. The van der Waals surface area contributed by atoms with Crippen LogP contribution in [0, 0.1) is 11.8 Å². The van der Waals surface area contributed by atoms with Crippen LogP contribution in [0.4, 0.5) is 25.1 Å². The predicted molar refractivity (Wildman–Crippen MR) is 214 cm³/mol. The quantitative estimate of drug-likeness (QED) is 0.199. The van der Waals surface area contributed by atoms with E-state index in [0.29, 0.717) is 44.6 Å². The summed E-state index contributed by atoms with van der Waals surface area (Å²) in [5.74, 6) is -4.34. The van der Waals surface area contributed by atoms with Crippen LogP contribution in [-0.4, -0.2) is 118 Å². The van der Waals surface area contributed by atoms with E-state index in [1.54, 1.807) is 21.9 Å². The van der Waals surface area contributed by atoms with Gasteiger partial charge in [0.1, 0.15) is 16.6 Å². The summed E-state index contributed by atoms with van der Waals surface area (Å²) in [6, 6.07) is 8.88. The van der Waals surface area contributed by atoms with E-state index >= 15 is 8.78 Å². The van der Waals surface area contributed by atoms with Crippen LogP contribution < -0.4 is 20.4 Å². The molecule has 0 bridgehead atoms. The molecule has 1 saturated carbocycles. The summed E-state index contributed by atoms with van der Waals surface area (Å²) in [5, 5.41) is 5.84. The van der Waals surface area contributed by atoms with E-state index in [2.05, 4.69) is 15.6 Å². The number of sulfonamides is 1.